The zero-order valence-electron chi connectivity index (χ0n) is 15.2. The fourth-order valence-corrected chi connectivity index (χ4v) is 4.33. The number of rotatable bonds is 2. The number of H-pyrrole nitrogens is 1. The molecule has 2 atom stereocenters. The number of likely N-dealkylation sites (tertiary alicyclic amines) is 1. The lowest BCUT2D eigenvalue weighted by atomic mass is 9.94. The standard InChI is InChI=1S/C21H26FN3/c1-14-11-19-20(23-14)12-24(18-9-7-17(22)8-10-18)13-21(19)25-15(2)5-4-6-16(25)3/h7-11,13,15-16,23H,4-6,12H2,1-3H3/t15-,16+. The second kappa shape index (κ2) is 6.25. The molecule has 1 aromatic carbocycles. The van der Waals surface area contributed by atoms with Gasteiger partial charge in [-0.2, -0.15) is 0 Å². The fourth-order valence-electron chi connectivity index (χ4n) is 4.33. The quantitative estimate of drug-likeness (QED) is 0.828. The van der Waals surface area contributed by atoms with Crippen molar-refractivity contribution in [1.82, 2.24) is 9.88 Å². The van der Waals surface area contributed by atoms with Crippen LogP contribution in [0.25, 0.3) is 5.70 Å². The number of aryl methyl sites for hydroxylation is 1. The van der Waals surface area contributed by atoms with Crippen LogP contribution >= 0.6 is 0 Å². The number of fused-ring (bicyclic) bond motifs is 1. The summed E-state index contributed by atoms with van der Waals surface area (Å²) < 4.78 is 13.3. The van der Waals surface area contributed by atoms with E-state index in [1.165, 1.54) is 54.0 Å². The molecule has 1 fully saturated rings. The number of nitrogens with one attached hydrogen (secondary N) is 1. The van der Waals surface area contributed by atoms with Crippen molar-refractivity contribution in [2.45, 2.75) is 58.7 Å². The second-order valence-corrected chi connectivity index (χ2v) is 7.50. The largest absolute Gasteiger partial charge is 0.364 e. The molecule has 2 aliphatic heterocycles. The van der Waals surface area contributed by atoms with Crippen LogP contribution in [-0.4, -0.2) is 22.0 Å². The Morgan fingerprint density at radius 2 is 1.76 bits per heavy atom. The van der Waals surface area contributed by atoms with Crippen molar-refractivity contribution in [3.63, 3.8) is 0 Å². The van der Waals surface area contributed by atoms with E-state index in [-0.39, 0.29) is 5.82 Å². The highest BCUT2D eigenvalue weighted by atomic mass is 19.1. The molecule has 0 radical (unpaired) electrons. The highest BCUT2D eigenvalue weighted by Gasteiger charge is 2.31. The third-order valence-corrected chi connectivity index (χ3v) is 5.55. The summed E-state index contributed by atoms with van der Waals surface area (Å²) in [6.07, 6.45) is 6.02. The lowest BCUT2D eigenvalue weighted by Gasteiger charge is -2.44. The molecule has 25 heavy (non-hydrogen) atoms. The Morgan fingerprint density at radius 1 is 1.08 bits per heavy atom. The summed E-state index contributed by atoms with van der Waals surface area (Å²) in [7, 11) is 0. The van der Waals surface area contributed by atoms with Crippen molar-refractivity contribution >= 4 is 11.4 Å². The van der Waals surface area contributed by atoms with E-state index >= 15 is 0 Å². The van der Waals surface area contributed by atoms with E-state index in [2.05, 4.69) is 47.8 Å². The summed E-state index contributed by atoms with van der Waals surface area (Å²) >= 11 is 0. The molecule has 1 saturated heterocycles. The highest BCUT2D eigenvalue weighted by Crippen LogP contribution is 2.37. The van der Waals surface area contributed by atoms with E-state index in [9.17, 15) is 4.39 Å². The van der Waals surface area contributed by atoms with E-state index in [0.717, 1.165) is 12.2 Å². The number of piperidine rings is 1. The highest BCUT2D eigenvalue weighted by molar-refractivity contribution is 5.73. The Labute approximate surface area is 149 Å². The van der Waals surface area contributed by atoms with E-state index in [1.54, 1.807) is 0 Å². The number of aromatic amines is 1. The molecule has 132 valence electrons. The smallest absolute Gasteiger partial charge is 0.123 e. The summed E-state index contributed by atoms with van der Waals surface area (Å²) in [6, 6.07) is 10.1. The molecule has 1 aromatic heterocycles. The van der Waals surface area contributed by atoms with Crippen LogP contribution in [0.3, 0.4) is 0 Å². The predicted molar refractivity (Wildman–Crippen MR) is 101 cm³/mol. The van der Waals surface area contributed by atoms with Gasteiger partial charge in [0.1, 0.15) is 5.82 Å². The van der Waals surface area contributed by atoms with Crippen molar-refractivity contribution in [2.24, 2.45) is 0 Å². The number of nitrogens with zero attached hydrogens (tertiary/aromatic N) is 2. The molecule has 2 aromatic rings. The lowest BCUT2D eigenvalue weighted by molar-refractivity contribution is 0.177. The number of hydrogen-bond donors (Lipinski definition) is 1. The van der Waals surface area contributed by atoms with E-state index in [0.29, 0.717) is 12.1 Å². The Balaban J connectivity index is 1.78. The zero-order chi connectivity index (χ0) is 17.6. The molecular formula is C21H26FN3. The number of hydrogen-bond acceptors (Lipinski definition) is 2. The molecule has 0 saturated carbocycles. The first-order valence-corrected chi connectivity index (χ1v) is 9.24. The lowest BCUT2D eigenvalue weighted by Crippen LogP contribution is -2.43. The molecule has 1 N–H and O–H groups in total. The molecule has 4 rings (SSSR count). The van der Waals surface area contributed by atoms with Crippen LogP contribution < -0.4 is 4.90 Å². The van der Waals surface area contributed by atoms with Crippen molar-refractivity contribution in [3.8, 4) is 0 Å². The van der Waals surface area contributed by atoms with Gasteiger partial charge in [-0.05, 0) is 70.4 Å². The molecule has 0 amide bonds. The van der Waals surface area contributed by atoms with Gasteiger partial charge < -0.3 is 14.8 Å². The van der Waals surface area contributed by atoms with Crippen molar-refractivity contribution in [3.05, 3.63) is 59.3 Å². The van der Waals surface area contributed by atoms with Crippen LogP contribution in [0.2, 0.25) is 0 Å². The molecular weight excluding hydrogens is 313 g/mol. The molecule has 3 nitrogen and oxygen atoms in total. The van der Waals surface area contributed by atoms with E-state index in [4.69, 9.17) is 0 Å². The van der Waals surface area contributed by atoms with Gasteiger partial charge in [-0.3, -0.25) is 0 Å². The van der Waals surface area contributed by atoms with Crippen molar-refractivity contribution in [1.29, 1.82) is 0 Å². The topological polar surface area (TPSA) is 22.3 Å². The Bertz CT molecular complexity index is 780. The van der Waals surface area contributed by atoms with E-state index in [1.807, 2.05) is 12.1 Å². The van der Waals surface area contributed by atoms with Gasteiger partial charge in [-0.1, -0.05) is 0 Å². The third-order valence-electron chi connectivity index (χ3n) is 5.55. The van der Waals surface area contributed by atoms with Gasteiger partial charge in [-0.15, -0.1) is 0 Å². The fraction of sp³-hybridized carbons (Fsp3) is 0.429. The molecule has 2 aliphatic rings. The average Bonchev–Trinajstić information content (AvgIpc) is 2.95. The minimum Gasteiger partial charge on any atom is -0.364 e. The number of anilines is 1. The SMILES string of the molecule is Cc1cc2c([nH]1)CN(c1ccc(F)cc1)C=C2N1[C@H](C)CCC[C@@H]1C. The summed E-state index contributed by atoms with van der Waals surface area (Å²) in [6.45, 7) is 7.55. The van der Waals surface area contributed by atoms with Crippen LogP contribution in [0.15, 0.2) is 36.5 Å². The van der Waals surface area contributed by atoms with Gasteiger partial charge in [0, 0.05) is 40.9 Å². The normalized spacial score (nSPS) is 23.4. The number of halogens is 1. The van der Waals surface area contributed by atoms with Gasteiger partial charge in [0.2, 0.25) is 0 Å². The van der Waals surface area contributed by atoms with Crippen LogP contribution in [-0.2, 0) is 6.54 Å². The Hall–Kier alpha value is -2.23. The number of aromatic nitrogens is 1. The summed E-state index contributed by atoms with van der Waals surface area (Å²) in [5.41, 5.74) is 6.05. The number of benzene rings is 1. The van der Waals surface area contributed by atoms with Gasteiger partial charge in [0.15, 0.2) is 0 Å². The zero-order valence-corrected chi connectivity index (χ0v) is 15.2. The second-order valence-electron chi connectivity index (χ2n) is 7.50. The summed E-state index contributed by atoms with van der Waals surface area (Å²) in [5.74, 6) is -0.195. The van der Waals surface area contributed by atoms with Gasteiger partial charge >= 0.3 is 0 Å². The maximum Gasteiger partial charge on any atom is 0.123 e. The first-order valence-electron chi connectivity index (χ1n) is 9.24. The van der Waals surface area contributed by atoms with E-state index < -0.39 is 0 Å². The van der Waals surface area contributed by atoms with Gasteiger partial charge in [-0.25, -0.2) is 4.39 Å². The first-order chi connectivity index (χ1) is 12.0. The van der Waals surface area contributed by atoms with Crippen molar-refractivity contribution < 1.29 is 4.39 Å². The molecule has 0 spiro atoms. The van der Waals surface area contributed by atoms with Crippen LogP contribution in [0.1, 0.15) is 50.1 Å². The maximum atomic E-state index is 13.3. The van der Waals surface area contributed by atoms with Gasteiger partial charge in [0.05, 0.1) is 12.2 Å². The molecule has 0 unspecified atom stereocenters. The van der Waals surface area contributed by atoms with Gasteiger partial charge in [0.25, 0.3) is 0 Å². The first kappa shape index (κ1) is 16.2. The molecule has 3 heterocycles. The monoisotopic (exact) mass is 339 g/mol. The average molecular weight is 339 g/mol. The maximum absolute atomic E-state index is 13.3. The molecule has 0 bridgehead atoms. The summed E-state index contributed by atoms with van der Waals surface area (Å²) in [5, 5.41) is 0. The Kier molecular flexibility index (Phi) is 4.06. The van der Waals surface area contributed by atoms with Crippen LogP contribution in [0.4, 0.5) is 10.1 Å². The predicted octanol–water partition coefficient (Wildman–Crippen LogP) is 5.04. The summed E-state index contributed by atoms with van der Waals surface area (Å²) in [4.78, 5) is 8.32. The van der Waals surface area contributed by atoms with Crippen LogP contribution in [0.5, 0.6) is 0 Å². The van der Waals surface area contributed by atoms with Crippen LogP contribution in [0, 0.1) is 12.7 Å². The Morgan fingerprint density at radius 3 is 2.44 bits per heavy atom. The molecule has 4 heteroatoms. The third kappa shape index (κ3) is 2.94. The molecule has 0 aliphatic carbocycles. The van der Waals surface area contributed by atoms with Crippen molar-refractivity contribution in [2.75, 3.05) is 4.90 Å². The minimum absolute atomic E-state index is 0.195. The minimum atomic E-state index is -0.195.